The number of furan rings is 1. The van der Waals surface area contributed by atoms with E-state index in [1.54, 1.807) is 29.2 Å². The van der Waals surface area contributed by atoms with Crippen LogP contribution in [0.5, 0.6) is 5.75 Å². The molecule has 8 heteroatoms. The van der Waals surface area contributed by atoms with Crippen molar-refractivity contribution in [3.63, 3.8) is 0 Å². The highest BCUT2D eigenvalue weighted by atomic mass is 35.5. The summed E-state index contributed by atoms with van der Waals surface area (Å²) in [6.07, 6.45) is 3.25. The van der Waals surface area contributed by atoms with Crippen LogP contribution in [-0.2, 0) is 13.2 Å². The van der Waals surface area contributed by atoms with E-state index in [0.717, 1.165) is 21.9 Å². The van der Waals surface area contributed by atoms with E-state index in [2.05, 4.69) is 24.3 Å². The van der Waals surface area contributed by atoms with Gasteiger partial charge in [-0.1, -0.05) is 37.0 Å². The van der Waals surface area contributed by atoms with Crippen molar-refractivity contribution >= 4 is 29.1 Å². The van der Waals surface area contributed by atoms with Crippen molar-refractivity contribution in [1.29, 1.82) is 0 Å². The second kappa shape index (κ2) is 9.37. The molecule has 1 aromatic carbocycles. The number of amides is 1. The summed E-state index contributed by atoms with van der Waals surface area (Å²) < 4.78 is 13.2. The zero-order chi connectivity index (χ0) is 21.0. The second-order valence-electron chi connectivity index (χ2n) is 7.03. The molecule has 0 saturated heterocycles. The Hall–Kier alpha value is -2.44. The molecule has 0 bridgehead atoms. The molecule has 154 valence electrons. The zero-order valence-corrected chi connectivity index (χ0v) is 18.0. The summed E-state index contributed by atoms with van der Waals surface area (Å²) in [5.74, 6) is 1.54. The van der Waals surface area contributed by atoms with Gasteiger partial charge in [0.05, 0.1) is 17.8 Å². The predicted octanol–water partition coefficient (Wildman–Crippen LogP) is 5.22. The number of carbonyl (C=O) groups is 1. The van der Waals surface area contributed by atoms with Crippen LogP contribution in [0.3, 0.4) is 0 Å². The molecule has 0 aliphatic heterocycles. The third kappa shape index (κ3) is 5.55. The molecule has 0 saturated carbocycles. The molecule has 2 aromatic heterocycles. The molecule has 0 aliphatic rings. The molecular formula is C21H23Cl2N3O3. The molecule has 3 rings (SSSR count). The van der Waals surface area contributed by atoms with Crippen LogP contribution in [0.4, 0.5) is 0 Å². The molecule has 0 fully saturated rings. The van der Waals surface area contributed by atoms with Crippen molar-refractivity contribution in [2.75, 3.05) is 6.54 Å². The molecule has 1 N–H and O–H groups in total. The Morgan fingerprint density at radius 1 is 1.31 bits per heavy atom. The van der Waals surface area contributed by atoms with Crippen molar-refractivity contribution in [2.45, 2.75) is 39.8 Å². The van der Waals surface area contributed by atoms with Crippen molar-refractivity contribution in [1.82, 2.24) is 15.1 Å². The molecule has 0 atom stereocenters. The lowest BCUT2D eigenvalue weighted by Crippen LogP contribution is -2.27. The van der Waals surface area contributed by atoms with E-state index < -0.39 is 0 Å². The zero-order valence-electron chi connectivity index (χ0n) is 16.5. The summed E-state index contributed by atoms with van der Waals surface area (Å²) in [7, 11) is 0. The quantitative estimate of drug-likeness (QED) is 0.526. The van der Waals surface area contributed by atoms with E-state index in [-0.39, 0.29) is 24.2 Å². The van der Waals surface area contributed by atoms with Crippen LogP contribution in [0, 0.1) is 6.92 Å². The Kier molecular flexibility index (Phi) is 6.87. The van der Waals surface area contributed by atoms with Crippen molar-refractivity contribution in [2.24, 2.45) is 0 Å². The number of rotatable bonds is 8. The molecular weight excluding hydrogens is 413 g/mol. The largest absolute Gasteiger partial charge is 0.485 e. The van der Waals surface area contributed by atoms with Gasteiger partial charge in [-0.15, -0.1) is 0 Å². The van der Waals surface area contributed by atoms with Gasteiger partial charge >= 0.3 is 0 Å². The fourth-order valence-electron chi connectivity index (χ4n) is 2.80. The molecule has 1 amide bonds. The van der Waals surface area contributed by atoms with Crippen molar-refractivity contribution in [3.05, 3.63) is 69.4 Å². The fraction of sp³-hybridized carbons (Fsp3) is 0.333. The maximum absolute atomic E-state index is 12.2. The number of aryl methyl sites for hydroxylation is 1. The summed E-state index contributed by atoms with van der Waals surface area (Å²) in [4.78, 5) is 12.2. The Bertz CT molecular complexity index is 995. The highest BCUT2D eigenvalue weighted by Gasteiger charge is 2.14. The lowest BCUT2D eigenvalue weighted by Gasteiger charge is -2.15. The first kappa shape index (κ1) is 21.3. The smallest absolute Gasteiger partial charge is 0.287 e. The van der Waals surface area contributed by atoms with E-state index >= 15 is 0 Å². The highest BCUT2D eigenvalue weighted by Crippen LogP contribution is 2.32. The van der Waals surface area contributed by atoms with Gasteiger partial charge in [0.2, 0.25) is 0 Å². The van der Waals surface area contributed by atoms with Gasteiger partial charge in [0.15, 0.2) is 5.76 Å². The number of benzene rings is 1. The Morgan fingerprint density at radius 3 is 2.79 bits per heavy atom. The first-order chi connectivity index (χ1) is 13.8. The SMILES string of the molecule is Cc1cc(OCc2ccc(C(=O)NCCn3cc(Cl)cn3)o2)c(C(C)C)cc1Cl. The molecule has 2 heterocycles. The van der Waals surface area contributed by atoms with Gasteiger partial charge in [-0.3, -0.25) is 9.48 Å². The van der Waals surface area contributed by atoms with E-state index in [1.807, 2.05) is 19.1 Å². The summed E-state index contributed by atoms with van der Waals surface area (Å²) in [6.45, 7) is 7.25. The first-order valence-electron chi connectivity index (χ1n) is 9.31. The topological polar surface area (TPSA) is 69.3 Å². The number of carbonyl (C=O) groups excluding carboxylic acids is 1. The maximum atomic E-state index is 12.2. The number of aromatic nitrogens is 2. The summed E-state index contributed by atoms with van der Waals surface area (Å²) in [6, 6.07) is 7.23. The Labute approximate surface area is 179 Å². The van der Waals surface area contributed by atoms with Crippen molar-refractivity contribution < 1.29 is 13.9 Å². The summed E-state index contributed by atoms with van der Waals surface area (Å²) >= 11 is 12.1. The van der Waals surface area contributed by atoms with E-state index in [9.17, 15) is 4.79 Å². The highest BCUT2D eigenvalue weighted by molar-refractivity contribution is 6.31. The number of halogens is 2. The minimum Gasteiger partial charge on any atom is -0.485 e. The maximum Gasteiger partial charge on any atom is 0.287 e. The van der Waals surface area contributed by atoms with Gasteiger partial charge in [-0.05, 0) is 48.2 Å². The van der Waals surface area contributed by atoms with Crippen LogP contribution < -0.4 is 10.1 Å². The Balaban J connectivity index is 1.56. The Morgan fingerprint density at radius 2 is 2.10 bits per heavy atom. The number of nitrogens with zero attached hydrogens (tertiary/aromatic N) is 2. The lowest BCUT2D eigenvalue weighted by molar-refractivity contribution is 0.0920. The molecule has 0 aliphatic carbocycles. The van der Waals surface area contributed by atoms with E-state index in [0.29, 0.717) is 23.9 Å². The van der Waals surface area contributed by atoms with Crippen LogP contribution in [-0.4, -0.2) is 22.2 Å². The molecule has 6 nitrogen and oxygen atoms in total. The number of ether oxygens (including phenoxy) is 1. The third-order valence-electron chi connectivity index (χ3n) is 4.40. The number of hydrogen-bond acceptors (Lipinski definition) is 4. The van der Waals surface area contributed by atoms with E-state index in [4.69, 9.17) is 32.4 Å². The van der Waals surface area contributed by atoms with Crippen LogP contribution in [0.1, 0.15) is 47.2 Å². The normalized spacial score (nSPS) is 11.1. The van der Waals surface area contributed by atoms with Crippen molar-refractivity contribution in [3.8, 4) is 5.75 Å². The van der Waals surface area contributed by atoms with Crippen LogP contribution in [0.2, 0.25) is 10.0 Å². The monoisotopic (exact) mass is 435 g/mol. The average Bonchev–Trinajstić information content (AvgIpc) is 3.31. The third-order valence-corrected chi connectivity index (χ3v) is 5.00. The predicted molar refractivity (Wildman–Crippen MR) is 113 cm³/mol. The van der Waals surface area contributed by atoms with Gasteiger partial charge in [0.25, 0.3) is 5.91 Å². The van der Waals surface area contributed by atoms with Crippen LogP contribution in [0.25, 0.3) is 0 Å². The van der Waals surface area contributed by atoms with Crippen LogP contribution >= 0.6 is 23.2 Å². The fourth-order valence-corrected chi connectivity index (χ4v) is 3.13. The van der Waals surface area contributed by atoms with Gasteiger partial charge in [0.1, 0.15) is 18.1 Å². The van der Waals surface area contributed by atoms with Gasteiger partial charge in [-0.2, -0.15) is 5.10 Å². The number of hydrogen-bond donors (Lipinski definition) is 1. The molecule has 0 unspecified atom stereocenters. The van der Waals surface area contributed by atoms with Gasteiger partial charge in [-0.25, -0.2) is 0 Å². The lowest BCUT2D eigenvalue weighted by atomic mass is 10.0. The van der Waals surface area contributed by atoms with Gasteiger partial charge < -0.3 is 14.5 Å². The van der Waals surface area contributed by atoms with Gasteiger partial charge in [0, 0.05) is 17.8 Å². The number of nitrogens with one attached hydrogen (secondary N) is 1. The average molecular weight is 436 g/mol. The minimum atomic E-state index is -0.292. The standard InChI is InChI=1S/C21H23Cl2N3O3/c1-13(2)17-9-18(23)14(3)8-20(17)28-12-16-4-5-19(29-16)21(27)24-6-7-26-11-15(22)10-25-26/h4-5,8-11,13H,6-7,12H2,1-3H3,(H,24,27). The molecule has 0 radical (unpaired) electrons. The first-order valence-corrected chi connectivity index (χ1v) is 10.1. The summed E-state index contributed by atoms with van der Waals surface area (Å²) in [5, 5.41) is 8.12. The van der Waals surface area contributed by atoms with Crippen LogP contribution in [0.15, 0.2) is 41.1 Å². The molecule has 3 aromatic rings. The molecule has 0 spiro atoms. The minimum absolute atomic E-state index is 0.222. The molecule has 29 heavy (non-hydrogen) atoms. The summed E-state index contributed by atoms with van der Waals surface area (Å²) in [5.41, 5.74) is 1.98. The second-order valence-corrected chi connectivity index (χ2v) is 7.87. The van der Waals surface area contributed by atoms with E-state index in [1.165, 1.54) is 0 Å².